The monoisotopic (exact) mass is 523 g/mol. The van der Waals surface area contributed by atoms with Crippen molar-refractivity contribution in [2.45, 2.75) is 43.9 Å². The van der Waals surface area contributed by atoms with Crippen molar-refractivity contribution in [2.24, 2.45) is 5.92 Å². The van der Waals surface area contributed by atoms with Crippen LogP contribution in [0.4, 0.5) is 10.7 Å². The number of fused-ring (bicyclic) bond motifs is 2. The molecule has 0 spiro atoms. The Bertz CT molecular complexity index is 1430. The largest absolute Gasteiger partial charge is 0.355 e. The summed E-state index contributed by atoms with van der Waals surface area (Å²) >= 11 is 1.46. The minimum Gasteiger partial charge on any atom is -0.355 e. The third-order valence-corrected chi connectivity index (χ3v) is 9.96. The van der Waals surface area contributed by atoms with Crippen molar-refractivity contribution in [2.75, 3.05) is 23.2 Å². The average Bonchev–Trinajstić information content (AvgIpc) is 3.24. The second-order valence-corrected chi connectivity index (χ2v) is 12.4. The Balaban J connectivity index is 1.39. The van der Waals surface area contributed by atoms with Gasteiger partial charge in [0.2, 0.25) is 0 Å². The number of rotatable bonds is 5. The summed E-state index contributed by atoms with van der Waals surface area (Å²) in [5, 5.41) is 6.14. The summed E-state index contributed by atoms with van der Waals surface area (Å²) in [7, 11) is -2.17. The van der Waals surface area contributed by atoms with Gasteiger partial charge in [0.25, 0.3) is 21.8 Å². The zero-order chi connectivity index (χ0) is 25.4. The molecule has 7 nitrogen and oxygen atoms in total. The van der Waals surface area contributed by atoms with Crippen LogP contribution in [0.2, 0.25) is 0 Å². The Morgan fingerprint density at radius 3 is 2.53 bits per heavy atom. The maximum atomic E-state index is 13.4. The van der Waals surface area contributed by atoms with E-state index in [-0.39, 0.29) is 16.7 Å². The van der Waals surface area contributed by atoms with Gasteiger partial charge in [-0.3, -0.25) is 13.9 Å². The maximum absolute atomic E-state index is 13.4. The molecule has 2 aromatic carbocycles. The van der Waals surface area contributed by atoms with Gasteiger partial charge in [-0.25, -0.2) is 8.42 Å². The number of nitrogens with one attached hydrogen (secondary N) is 2. The molecule has 0 bridgehead atoms. The number of carbonyl (C=O) groups is 2. The molecule has 0 unspecified atom stereocenters. The van der Waals surface area contributed by atoms with Gasteiger partial charge in [-0.2, -0.15) is 0 Å². The molecule has 1 aromatic heterocycles. The van der Waals surface area contributed by atoms with Crippen LogP contribution >= 0.6 is 11.3 Å². The first kappa shape index (κ1) is 24.5. The highest BCUT2D eigenvalue weighted by Gasteiger charge is 2.30. The van der Waals surface area contributed by atoms with Crippen molar-refractivity contribution in [3.05, 3.63) is 75.7 Å². The summed E-state index contributed by atoms with van der Waals surface area (Å²) in [5.41, 5.74) is 3.62. The molecule has 2 heterocycles. The molecule has 2 N–H and O–H groups in total. The van der Waals surface area contributed by atoms with Gasteiger partial charge in [-0.05, 0) is 79.5 Å². The van der Waals surface area contributed by atoms with Gasteiger partial charge in [0, 0.05) is 24.0 Å². The number of thiophene rings is 1. The van der Waals surface area contributed by atoms with Crippen LogP contribution < -0.4 is 14.9 Å². The lowest BCUT2D eigenvalue weighted by atomic mass is 9.88. The summed E-state index contributed by atoms with van der Waals surface area (Å²) < 4.78 is 28.2. The van der Waals surface area contributed by atoms with E-state index in [4.69, 9.17) is 0 Å². The Hall–Kier alpha value is -3.17. The molecule has 3 aromatic rings. The minimum atomic E-state index is -3.75. The fourth-order valence-electron chi connectivity index (χ4n) is 5.03. The first-order valence-corrected chi connectivity index (χ1v) is 14.4. The van der Waals surface area contributed by atoms with Gasteiger partial charge in [0.1, 0.15) is 5.00 Å². The van der Waals surface area contributed by atoms with Gasteiger partial charge < -0.3 is 10.6 Å². The van der Waals surface area contributed by atoms with Gasteiger partial charge in [-0.15, -0.1) is 11.3 Å². The number of hydrogen-bond acceptors (Lipinski definition) is 5. The molecule has 36 heavy (non-hydrogen) atoms. The Morgan fingerprint density at radius 1 is 1.03 bits per heavy atom. The molecular formula is C27H29N3O4S2. The summed E-state index contributed by atoms with van der Waals surface area (Å²) in [4.78, 5) is 27.0. The lowest BCUT2D eigenvalue weighted by Crippen LogP contribution is -2.35. The molecule has 5 rings (SSSR count). The van der Waals surface area contributed by atoms with Crippen LogP contribution in [0.3, 0.4) is 0 Å². The standard InChI is InChI=1S/C27H29N3O4S2/c1-17-9-14-21-23(16-17)35-27(24(21)26(32)28-2)29-25(31)19-10-12-20(13-11-19)36(33,34)30-15-5-7-18-6-3-4-8-22(18)30/h3-4,6,8,10-13,17H,5,7,9,14-16H2,1-2H3,(H,28,32)(H,29,31)/t17-/m0/s1. The molecule has 1 aliphatic carbocycles. The van der Waals surface area contributed by atoms with E-state index in [2.05, 4.69) is 17.6 Å². The van der Waals surface area contributed by atoms with E-state index < -0.39 is 10.0 Å². The minimum absolute atomic E-state index is 0.141. The quantitative estimate of drug-likeness (QED) is 0.510. The van der Waals surface area contributed by atoms with E-state index in [1.54, 1.807) is 7.05 Å². The van der Waals surface area contributed by atoms with Crippen LogP contribution in [-0.2, 0) is 29.3 Å². The number of benzene rings is 2. The second-order valence-electron chi connectivity index (χ2n) is 9.42. The first-order valence-electron chi connectivity index (χ1n) is 12.2. The van der Waals surface area contributed by atoms with Crippen molar-refractivity contribution >= 4 is 43.9 Å². The van der Waals surface area contributed by atoms with Crippen molar-refractivity contribution in [3.63, 3.8) is 0 Å². The predicted molar refractivity (Wildman–Crippen MR) is 143 cm³/mol. The molecule has 2 aliphatic rings. The van der Waals surface area contributed by atoms with Crippen LogP contribution in [0, 0.1) is 5.92 Å². The van der Waals surface area contributed by atoms with Crippen molar-refractivity contribution < 1.29 is 18.0 Å². The molecule has 0 radical (unpaired) electrons. The lowest BCUT2D eigenvalue weighted by molar-refractivity contribution is 0.0963. The molecule has 0 saturated heterocycles. The van der Waals surface area contributed by atoms with E-state index in [1.165, 1.54) is 39.9 Å². The van der Waals surface area contributed by atoms with Crippen molar-refractivity contribution in [1.29, 1.82) is 0 Å². The second kappa shape index (κ2) is 9.71. The fourth-order valence-corrected chi connectivity index (χ4v) is 7.98. The highest BCUT2D eigenvalue weighted by molar-refractivity contribution is 7.92. The Labute approximate surface area is 215 Å². The first-order chi connectivity index (χ1) is 17.3. The smallest absolute Gasteiger partial charge is 0.264 e. The van der Waals surface area contributed by atoms with E-state index in [1.807, 2.05) is 24.3 Å². The molecule has 2 amide bonds. The predicted octanol–water partition coefficient (Wildman–Crippen LogP) is 4.63. The van der Waals surface area contributed by atoms with E-state index in [0.717, 1.165) is 48.1 Å². The number of sulfonamides is 1. The number of nitrogens with zero attached hydrogens (tertiary/aromatic N) is 1. The van der Waals surface area contributed by atoms with Gasteiger partial charge >= 0.3 is 0 Å². The van der Waals surface area contributed by atoms with Crippen molar-refractivity contribution in [3.8, 4) is 0 Å². The average molecular weight is 524 g/mol. The number of hydrogen-bond donors (Lipinski definition) is 2. The van der Waals surface area contributed by atoms with Crippen LogP contribution in [-0.4, -0.2) is 33.8 Å². The van der Waals surface area contributed by atoms with Crippen molar-refractivity contribution in [1.82, 2.24) is 5.32 Å². The summed E-state index contributed by atoms with van der Waals surface area (Å²) in [6.45, 7) is 2.62. The van der Waals surface area contributed by atoms with Gasteiger partial charge in [-0.1, -0.05) is 25.1 Å². The number of amides is 2. The Morgan fingerprint density at radius 2 is 1.78 bits per heavy atom. The van der Waals surface area contributed by atoms with Crippen LogP contribution in [0.1, 0.15) is 56.5 Å². The SMILES string of the molecule is CNC(=O)c1c(NC(=O)c2ccc(S(=O)(=O)N3CCCc4ccccc43)cc2)sc2c1CC[C@H](C)C2. The molecular weight excluding hydrogens is 494 g/mol. The van der Waals surface area contributed by atoms with Gasteiger partial charge in [0.05, 0.1) is 16.1 Å². The molecule has 9 heteroatoms. The normalized spacial score (nSPS) is 17.2. The number of anilines is 2. The zero-order valence-electron chi connectivity index (χ0n) is 20.3. The molecule has 1 atom stereocenters. The van der Waals surface area contributed by atoms with Gasteiger partial charge in [0.15, 0.2) is 0 Å². The molecule has 188 valence electrons. The van der Waals surface area contributed by atoms with E-state index in [9.17, 15) is 18.0 Å². The zero-order valence-corrected chi connectivity index (χ0v) is 22.0. The van der Waals surface area contributed by atoms with Crippen LogP contribution in [0.5, 0.6) is 0 Å². The molecule has 0 saturated carbocycles. The Kier molecular flexibility index (Phi) is 6.61. The third-order valence-electron chi connectivity index (χ3n) is 6.96. The van der Waals surface area contributed by atoms with E-state index >= 15 is 0 Å². The summed E-state index contributed by atoms with van der Waals surface area (Å²) in [5.74, 6) is -0.0433. The van der Waals surface area contributed by atoms with Crippen LogP contribution in [0.15, 0.2) is 53.4 Å². The van der Waals surface area contributed by atoms with E-state index in [0.29, 0.717) is 34.3 Å². The number of para-hydroxylation sites is 1. The topological polar surface area (TPSA) is 95.6 Å². The highest BCUT2D eigenvalue weighted by Crippen LogP contribution is 2.40. The fraction of sp³-hybridized carbons (Fsp3) is 0.333. The summed E-state index contributed by atoms with van der Waals surface area (Å²) in [6.07, 6.45) is 4.33. The maximum Gasteiger partial charge on any atom is 0.264 e. The number of aryl methyl sites for hydroxylation is 1. The summed E-state index contributed by atoms with van der Waals surface area (Å²) in [6, 6.07) is 13.5. The molecule has 0 fully saturated rings. The third kappa shape index (κ3) is 4.41. The highest BCUT2D eigenvalue weighted by atomic mass is 32.2. The number of carbonyl (C=O) groups excluding carboxylic acids is 2. The lowest BCUT2D eigenvalue weighted by Gasteiger charge is -2.30. The van der Waals surface area contributed by atoms with Crippen LogP contribution in [0.25, 0.3) is 0 Å². The molecule has 1 aliphatic heterocycles.